The van der Waals surface area contributed by atoms with Gasteiger partial charge in [0, 0.05) is 25.7 Å². The van der Waals surface area contributed by atoms with Crippen LogP contribution in [0.25, 0.3) is 0 Å². The van der Waals surface area contributed by atoms with Crippen molar-refractivity contribution in [2.45, 2.75) is 25.1 Å². The van der Waals surface area contributed by atoms with Gasteiger partial charge in [-0.25, -0.2) is 0 Å². The molecule has 0 aromatic heterocycles. The zero-order valence-corrected chi connectivity index (χ0v) is 11.9. The molecule has 1 aliphatic rings. The highest BCUT2D eigenvalue weighted by Gasteiger charge is 2.25. The molecule has 0 radical (unpaired) electrons. The number of likely N-dealkylation sites (tertiary alicyclic amines) is 1. The van der Waals surface area contributed by atoms with Crippen LogP contribution in [0.3, 0.4) is 0 Å². The summed E-state index contributed by atoms with van der Waals surface area (Å²) in [5.41, 5.74) is 7.66. The molecule has 0 aliphatic carbocycles. The predicted molar refractivity (Wildman–Crippen MR) is 77.8 cm³/mol. The van der Waals surface area contributed by atoms with Crippen molar-refractivity contribution in [1.82, 2.24) is 9.80 Å². The Balaban J connectivity index is 1.88. The topological polar surface area (TPSA) is 52.7 Å². The van der Waals surface area contributed by atoms with Crippen molar-refractivity contribution in [3.8, 4) is 0 Å². The van der Waals surface area contributed by atoms with Crippen LogP contribution in [-0.2, 0) is 6.54 Å². The zero-order chi connectivity index (χ0) is 13.8. The fraction of sp³-hybridized carbons (Fsp3) is 0.600. The zero-order valence-electron chi connectivity index (χ0n) is 11.9. The van der Waals surface area contributed by atoms with Crippen molar-refractivity contribution in [3.05, 3.63) is 35.4 Å². The van der Waals surface area contributed by atoms with Crippen molar-refractivity contribution in [3.63, 3.8) is 0 Å². The molecule has 1 heterocycles. The predicted octanol–water partition coefficient (Wildman–Crippen LogP) is 0.815. The molecule has 2 unspecified atom stereocenters. The van der Waals surface area contributed by atoms with Gasteiger partial charge in [0.05, 0.1) is 6.10 Å². The first kappa shape index (κ1) is 14.5. The lowest BCUT2D eigenvalue weighted by atomic mass is 10.1. The number of hydrogen-bond acceptors (Lipinski definition) is 4. The molecule has 3 N–H and O–H groups in total. The Morgan fingerprint density at radius 1 is 1.37 bits per heavy atom. The quantitative estimate of drug-likeness (QED) is 0.825. The van der Waals surface area contributed by atoms with Gasteiger partial charge in [-0.2, -0.15) is 0 Å². The number of hydrogen-bond donors (Lipinski definition) is 2. The smallest absolute Gasteiger partial charge is 0.0916 e. The van der Waals surface area contributed by atoms with Gasteiger partial charge in [0.2, 0.25) is 0 Å². The third-order valence-electron chi connectivity index (χ3n) is 4.01. The second-order valence-electron chi connectivity index (χ2n) is 5.63. The number of β-amino-alcohol motifs (C(OH)–C–C–N with tert-alkyl or cyclic N) is 1. The molecule has 0 amide bonds. The summed E-state index contributed by atoms with van der Waals surface area (Å²) >= 11 is 0. The minimum atomic E-state index is -0.410. The van der Waals surface area contributed by atoms with Gasteiger partial charge in [-0.05, 0) is 38.2 Å². The molecule has 2 atom stereocenters. The fourth-order valence-corrected chi connectivity index (χ4v) is 2.63. The van der Waals surface area contributed by atoms with Gasteiger partial charge in [-0.3, -0.25) is 4.90 Å². The fourth-order valence-electron chi connectivity index (χ4n) is 2.63. The first-order chi connectivity index (χ1) is 9.10. The summed E-state index contributed by atoms with van der Waals surface area (Å²) in [4.78, 5) is 4.61. The van der Waals surface area contributed by atoms with Crippen molar-refractivity contribution in [2.75, 3.05) is 33.7 Å². The van der Waals surface area contributed by atoms with E-state index < -0.39 is 6.10 Å². The van der Waals surface area contributed by atoms with Crippen molar-refractivity contribution < 1.29 is 5.11 Å². The molecule has 0 spiro atoms. The van der Waals surface area contributed by atoms with Gasteiger partial charge < -0.3 is 15.7 Å². The molecule has 0 bridgehead atoms. The number of aliphatic hydroxyl groups excluding tert-OH is 1. The normalized spacial score (nSPS) is 22.1. The molecule has 0 saturated carbocycles. The van der Waals surface area contributed by atoms with Crippen LogP contribution in [0.2, 0.25) is 0 Å². The summed E-state index contributed by atoms with van der Waals surface area (Å²) in [6.07, 6.45) is 0.777. The molecule has 1 aliphatic heterocycles. The summed E-state index contributed by atoms with van der Waals surface area (Å²) < 4.78 is 0. The Hall–Kier alpha value is -0.940. The molecule has 19 heavy (non-hydrogen) atoms. The standard InChI is InChI=1S/C15H25N3O/c1-17(2)14-7-8-18(10-14)11-15(19)13-5-3-12(9-16)4-6-13/h3-6,14-15,19H,7-11,16H2,1-2H3. The highest BCUT2D eigenvalue weighted by molar-refractivity contribution is 5.24. The lowest BCUT2D eigenvalue weighted by Gasteiger charge is -2.22. The molecule has 106 valence electrons. The van der Waals surface area contributed by atoms with E-state index in [4.69, 9.17) is 5.73 Å². The summed E-state index contributed by atoms with van der Waals surface area (Å²) in [5.74, 6) is 0. The lowest BCUT2D eigenvalue weighted by Crippen LogP contribution is -2.33. The van der Waals surface area contributed by atoms with E-state index in [0.717, 1.165) is 24.2 Å². The minimum absolute atomic E-state index is 0.410. The van der Waals surface area contributed by atoms with Crippen molar-refractivity contribution in [1.29, 1.82) is 0 Å². The van der Waals surface area contributed by atoms with Crippen LogP contribution in [0.1, 0.15) is 23.7 Å². The molecule has 2 rings (SSSR count). The van der Waals surface area contributed by atoms with Gasteiger partial charge in [0.1, 0.15) is 0 Å². The van der Waals surface area contributed by atoms with Crippen LogP contribution in [0.5, 0.6) is 0 Å². The Labute approximate surface area is 115 Å². The van der Waals surface area contributed by atoms with E-state index in [0.29, 0.717) is 19.1 Å². The Kier molecular flexibility index (Phi) is 4.93. The largest absolute Gasteiger partial charge is 0.387 e. The number of aliphatic hydroxyl groups is 1. The van der Waals surface area contributed by atoms with E-state index >= 15 is 0 Å². The number of nitrogens with two attached hydrogens (primary N) is 1. The molecule has 4 nitrogen and oxygen atoms in total. The number of benzene rings is 1. The number of likely N-dealkylation sites (N-methyl/N-ethyl adjacent to an activating group) is 1. The molecular weight excluding hydrogens is 238 g/mol. The van der Waals surface area contributed by atoms with E-state index in [1.807, 2.05) is 24.3 Å². The van der Waals surface area contributed by atoms with Gasteiger partial charge in [-0.1, -0.05) is 24.3 Å². The van der Waals surface area contributed by atoms with Gasteiger partial charge in [0.15, 0.2) is 0 Å². The van der Waals surface area contributed by atoms with Crippen LogP contribution in [-0.4, -0.2) is 54.7 Å². The molecule has 1 aromatic rings. The van der Waals surface area contributed by atoms with Crippen LogP contribution in [0.4, 0.5) is 0 Å². The Morgan fingerprint density at radius 2 is 2.05 bits per heavy atom. The second-order valence-corrected chi connectivity index (χ2v) is 5.63. The maximum absolute atomic E-state index is 10.3. The number of rotatable bonds is 5. The van der Waals surface area contributed by atoms with E-state index in [2.05, 4.69) is 23.9 Å². The lowest BCUT2D eigenvalue weighted by molar-refractivity contribution is 0.122. The first-order valence-electron chi connectivity index (χ1n) is 6.96. The van der Waals surface area contributed by atoms with E-state index in [9.17, 15) is 5.11 Å². The average Bonchev–Trinajstić information content (AvgIpc) is 2.87. The Bertz CT molecular complexity index is 391. The highest BCUT2D eigenvalue weighted by atomic mass is 16.3. The molecular formula is C15H25N3O. The van der Waals surface area contributed by atoms with Gasteiger partial charge in [-0.15, -0.1) is 0 Å². The third-order valence-corrected chi connectivity index (χ3v) is 4.01. The number of nitrogens with zero attached hydrogens (tertiary/aromatic N) is 2. The van der Waals surface area contributed by atoms with Crippen molar-refractivity contribution in [2.24, 2.45) is 5.73 Å². The van der Waals surface area contributed by atoms with Crippen molar-refractivity contribution >= 4 is 0 Å². The van der Waals surface area contributed by atoms with E-state index in [1.54, 1.807) is 0 Å². The molecule has 4 heteroatoms. The van der Waals surface area contributed by atoms with E-state index in [1.165, 1.54) is 6.42 Å². The summed E-state index contributed by atoms with van der Waals surface area (Å²) in [7, 11) is 4.24. The van der Waals surface area contributed by atoms with Crippen LogP contribution in [0, 0.1) is 0 Å². The first-order valence-corrected chi connectivity index (χ1v) is 6.96. The SMILES string of the molecule is CN(C)C1CCN(CC(O)c2ccc(CN)cc2)C1. The van der Waals surface area contributed by atoms with Gasteiger partial charge in [0.25, 0.3) is 0 Å². The van der Waals surface area contributed by atoms with Gasteiger partial charge >= 0.3 is 0 Å². The molecule has 1 saturated heterocycles. The minimum Gasteiger partial charge on any atom is -0.387 e. The molecule has 1 aromatic carbocycles. The summed E-state index contributed by atoms with van der Waals surface area (Å²) in [6.45, 7) is 3.38. The third kappa shape index (κ3) is 3.76. The monoisotopic (exact) mass is 263 g/mol. The van der Waals surface area contributed by atoms with Crippen LogP contribution >= 0.6 is 0 Å². The summed E-state index contributed by atoms with van der Waals surface area (Å²) in [6, 6.07) is 8.56. The maximum Gasteiger partial charge on any atom is 0.0916 e. The van der Waals surface area contributed by atoms with Crippen LogP contribution in [0.15, 0.2) is 24.3 Å². The highest BCUT2D eigenvalue weighted by Crippen LogP contribution is 2.19. The maximum atomic E-state index is 10.3. The van der Waals surface area contributed by atoms with E-state index in [-0.39, 0.29) is 0 Å². The second kappa shape index (κ2) is 6.48. The summed E-state index contributed by atoms with van der Waals surface area (Å²) in [5, 5.41) is 10.3. The average molecular weight is 263 g/mol. The Morgan fingerprint density at radius 3 is 2.58 bits per heavy atom. The van der Waals surface area contributed by atoms with Crippen LogP contribution < -0.4 is 5.73 Å². The molecule has 1 fully saturated rings.